The van der Waals surface area contributed by atoms with Crippen LogP contribution < -0.4 is 0 Å². The molecule has 0 bridgehead atoms. The molecule has 2 saturated carbocycles. The second-order valence-corrected chi connectivity index (χ2v) is 10.2. The van der Waals surface area contributed by atoms with E-state index < -0.39 is 0 Å². The summed E-state index contributed by atoms with van der Waals surface area (Å²) < 4.78 is 10.7. The van der Waals surface area contributed by atoms with Gasteiger partial charge in [-0.05, 0) is 62.8 Å². The van der Waals surface area contributed by atoms with Crippen molar-refractivity contribution in [3.63, 3.8) is 0 Å². The summed E-state index contributed by atoms with van der Waals surface area (Å²) in [6.45, 7) is 3.87. The van der Waals surface area contributed by atoms with Gasteiger partial charge in [0.05, 0.1) is 22.2 Å². The quantitative estimate of drug-likeness (QED) is 0.238. The molecular weight excluding hydrogens is 523 g/mol. The SMILES string of the molecule is C.C.Cc1cccc(Cl)c1-c1noc(C2CC2)c1C=O.Cc1cccc(Cl)c1-c1noc(C2CC2)c1CO. The Morgan fingerprint density at radius 3 is 1.79 bits per heavy atom. The zero-order chi connectivity index (χ0) is 25.4. The summed E-state index contributed by atoms with van der Waals surface area (Å²) in [7, 11) is 0. The Kier molecular flexibility index (Phi) is 9.58. The molecule has 0 unspecified atom stereocenters. The summed E-state index contributed by atoms with van der Waals surface area (Å²) >= 11 is 12.4. The fourth-order valence-corrected chi connectivity index (χ4v) is 5.07. The third kappa shape index (κ3) is 5.73. The largest absolute Gasteiger partial charge is 0.391 e. The van der Waals surface area contributed by atoms with Crippen molar-refractivity contribution in [1.29, 1.82) is 0 Å². The van der Waals surface area contributed by atoms with Crippen molar-refractivity contribution in [1.82, 2.24) is 10.3 Å². The standard InChI is InChI=1S/C14H14ClNO2.C14H12ClNO2.2CH4/c2*1-8-3-2-4-11(15)12(8)13-10(7-17)14(18-16-13)9-5-6-9;;/h2-4,9,17H,5-7H2,1H3;2-4,7,9H,5-6H2,1H3;2*1H4. The number of aldehydes is 1. The third-order valence-corrected chi connectivity index (χ3v) is 7.29. The molecule has 6 nitrogen and oxygen atoms in total. The van der Waals surface area contributed by atoms with E-state index >= 15 is 0 Å². The van der Waals surface area contributed by atoms with Gasteiger partial charge in [0.25, 0.3) is 0 Å². The van der Waals surface area contributed by atoms with Gasteiger partial charge in [-0.3, -0.25) is 4.79 Å². The Morgan fingerprint density at radius 1 is 0.842 bits per heavy atom. The molecule has 4 aromatic rings. The number of aliphatic hydroxyl groups excluding tert-OH is 1. The van der Waals surface area contributed by atoms with E-state index in [0.717, 1.165) is 65.5 Å². The summed E-state index contributed by atoms with van der Waals surface area (Å²) in [5.74, 6) is 2.32. The van der Waals surface area contributed by atoms with Crippen LogP contribution in [0.5, 0.6) is 0 Å². The number of aliphatic hydroxyl groups is 1. The molecule has 38 heavy (non-hydrogen) atoms. The highest BCUT2D eigenvalue weighted by atomic mass is 35.5. The Balaban J connectivity index is 0.000000200. The minimum atomic E-state index is -0.0602. The number of halogens is 2. The second-order valence-electron chi connectivity index (χ2n) is 9.37. The molecule has 0 spiro atoms. The summed E-state index contributed by atoms with van der Waals surface area (Å²) in [6.07, 6.45) is 5.18. The molecule has 2 aromatic carbocycles. The zero-order valence-corrected chi connectivity index (χ0v) is 21.6. The molecular formula is C30H34Cl2N2O4. The molecule has 2 fully saturated rings. The average molecular weight is 558 g/mol. The first-order chi connectivity index (χ1) is 17.4. The highest BCUT2D eigenvalue weighted by Crippen LogP contribution is 2.46. The van der Waals surface area contributed by atoms with Crippen LogP contribution in [0.15, 0.2) is 45.4 Å². The molecule has 0 amide bonds. The summed E-state index contributed by atoms with van der Waals surface area (Å²) in [4.78, 5) is 11.3. The summed E-state index contributed by atoms with van der Waals surface area (Å²) in [6, 6.07) is 11.3. The fraction of sp³-hybridized carbons (Fsp3) is 0.367. The number of aromatic nitrogens is 2. The van der Waals surface area contributed by atoms with Crippen molar-refractivity contribution in [2.75, 3.05) is 0 Å². The molecule has 0 atom stereocenters. The van der Waals surface area contributed by atoms with Crippen LogP contribution in [0.2, 0.25) is 10.0 Å². The minimum absolute atomic E-state index is 0. The zero-order valence-electron chi connectivity index (χ0n) is 20.1. The lowest BCUT2D eigenvalue weighted by atomic mass is 10.0. The number of aryl methyl sites for hydroxylation is 2. The lowest BCUT2D eigenvalue weighted by molar-refractivity contribution is 0.112. The van der Waals surface area contributed by atoms with Crippen molar-refractivity contribution in [3.05, 3.63) is 80.2 Å². The van der Waals surface area contributed by atoms with Gasteiger partial charge in [-0.1, -0.05) is 72.6 Å². The third-order valence-electron chi connectivity index (χ3n) is 6.66. The van der Waals surface area contributed by atoms with Crippen LogP contribution in [0.3, 0.4) is 0 Å². The number of hydrogen-bond acceptors (Lipinski definition) is 6. The molecule has 0 radical (unpaired) electrons. The first-order valence-electron chi connectivity index (χ1n) is 12.0. The molecule has 1 N–H and O–H groups in total. The van der Waals surface area contributed by atoms with Crippen LogP contribution in [0.25, 0.3) is 22.5 Å². The van der Waals surface area contributed by atoms with Gasteiger partial charge in [0.2, 0.25) is 0 Å². The predicted molar refractivity (Wildman–Crippen MR) is 152 cm³/mol. The van der Waals surface area contributed by atoms with Crippen LogP contribution in [0.4, 0.5) is 0 Å². The van der Waals surface area contributed by atoms with Crippen LogP contribution in [0.1, 0.15) is 90.9 Å². The monoisotopic (exact) mass is 556 g/mol. The predicted octanol–water partition coefficient (Wildman–Crippen LogP) is 8.94. The Labute approximate surface area is 233 Å². The van der Waals surface area contributed by atoms with Crippen molar-refractivity contribution < 1.29 is 18.9 Å². The number of nitrogens with zero attached hydrogens (tertiary/aromatic N) is 2. The van der Waals surface area contributed by atoms with E-state index in [0.29, 0.717) is 44.6 Å². The lowest BCUT2D eigenvalue weighted by Gasteiger charge is -2.06. The highest BCUT2D eigenvalue weighted by Gasteiger charge is 2.34. The number of hydrogen-bond donors (Lipinski definition) is 1. The molecule has 0 saturated heterocycles. The Hall–Kier alpha value is -2.93. The van der Waals surface area contributed by atoms with Crippen LogP contribution in [-0.4, -0.2) is 21.7 Å². The summed E-state index contributed by atoms with van der Waals surface area (Å²) in [5, 5.41) is 19.0. The van der Waals surface area contributed by atoms with Gasteiger partial charge in [-0.2, -0.15) is 0 Å². The Bertz CT molecular complexity index is 1380. The van der Waals surface area contributed by atoms with Crippen molar-refractivity contribution in [3.8, 4) is 22.5 Å². The maximum atomic E-state index is 11.3. The van der Waals surface area contributed by atoms with Crippen molar-refractivity contribution >= 4 is 29.5 Å². The van der Waals surface area contributed by atoms with Gasteiger partial charge < -0.3 is 14.2 Å². The highest BCUT2D eigenvalue weighted by molar-refractivity contribution is 6.34. The van der Waals surface area contributed by atoms with E-state index in [1.807, 2.05) is 44.2 Å². The van der Waals surface area contributed by atoms with Gasteiger partial charge in [-0.15, -0.1) is 0 Å². The van der Waals surface area contributed by atoms with Crippen LogP contribution in [-0.2, 0) is 6.61 Å². The number of rotatable bonds is 6. The van der Waals surface area contributed by atoms with Gasteiger partial charge in [0.1, 0.15) is 17.1 Å². The van der Waals surface area contributed by atoms with E-state index in [9.17, 15) is 9.90 Å². The van der Waals surface area contributed by atoms with Gasteiger partial charge in [-0.25, -0.2) is 0 Å². The average Bonchev–Trinajstić information content (AvgIpc) is 3.80. The molecule has 2 aromatic heterocycles. The smallest absolute Gasteiger partial charge is 0.155 e. The number of benzene rings is 2. The molecule has 2 aliphatic carbocycles. The first kappa shape index (κ1) is 29.6. The number of carbonyl (C=O) groups excluding carboxylic acids is 1. The maximum absolute atomic E-state index is 11.3. The van der Waals surface area contributed by atoms with Crippen molar-refractivity contribution in [2.24, 2.45) is 0 Å². The van der Waals surface area contributed by atoms with E-state index in [1.54, 1.807) is 6.07 Å². The molecule has 202 valence electrons. The topological polar surface area (TPSA) is 89.4 Å². The van der Waals surface area contributed by atoms with Gasteiger partial charge in [0, 0.05) is 28.5 Å². The normalized spacial score (nSPS) is 14.1. The molecule has 6 rings (SSSR count). The van der Waals surface area contributed by atoms with Crippen LogP contribution >= 0.6 is 23.2 Å². The molecule has 0 aliphatic heterocycles. The van der Waals surface area contributed by atoms with Gasteiger partial charge in [0.15, 0.2) is 12.0 Å². The van der Waals surface area contributed by atoms with E-state index in [2.05, 4.69) is 10.3 Å². The second kappa shape index (κ2) is 12.3. The molecule has 2 heterocycles. The maximum Gasteiger partial charge on any atom is 0.155 e. The molecule has 8 heteroatoms. The van der Waals surface area contributed by atoms with E-state index in [4.69, 9.17) is 32.2 Å². The lowest BCUT2D eigenvalue weighted by Crippen LogP contribution is -1.93. The van der Waals surface area contributed by atoms with Gasteiger partial charge >= 0.3 is 0 Å². The van der Waals surface area contributed by atoms with Crippen LogP contribution in [0, 0.1) is 13.8 Å². The summed E-state index contributed by atoms with van der Waals surface area (Å²) in [5.41, 5.74) is 6.25. The van der Waals surface area contributed by atoms with E-state index in [1.165, 1.54) is 0 Å². The Morgan fingerprint density at radius 2 is 1.32 bits per heavy atom. The van der Waals surface area contributed by atoms with E-state index in [-0.39, 0.29) is 21.5 Å². The fourth-order valence-electron chi connectivity index (χ4n) is 4.45. The molecule has 2 aliphatic rings. The number of carbonyl (C=O) groups is 1. The van der Waals surface area contributed by atoms with Crippen molar-refractivity contribution in [2.45, 2.75) is 72.8 Å². The minimum Gasteiger partial charge on any atom is -0.391 e. The first-order valence-corrected chi connectivity index (χ1v) is 12.7.